The fourth-order valence-electron chi connectivity index (χ4n) is 2.67. The molecule has 0 amide bonds. The highest BCUT2D eigenvalue weighted by molar-refractivity contribution is 7.80. The summed E-state index contributed by atoms with van der Waals surface area (Å²) in [6.07, 6.45) is 0. The quantitative estimate of drug-likeness (QED) is 0.420. The number of anilines is 2. The highest BCUT2D eigenvalue weighted by Gasteiger charge is 2.18. The van der Waals surface area contributed by atoms with Crippen LogP contribution in [-0.2, 0) is 0 Å². The van der Waals surface area contributed by atoms with Gasteiger partial charge in [-0.25, -0.2) is 8.78 Å². The molecule has 6 heteroatoms. The van der Waals surface area contributed by atoms with Gasteiger partial charge in [0.15, 0.2) is 5.11 Å². The molecule has 3 rings (SSSR count). The van der Waals surface area contributed by atoms with Crippen molar-refractivity contribution in [2.24, 2.45) is 0 Å². The van der Waals surface area contributed by atoms with Gasteiger partial charge in [-0.1, -0.05) is 55.1 Å². The summed E-state index contributed by atoms with van der Waals surface area (Å²) in [4.78, 5) is 0. The number of rotatable bonds is 6. The maximum absolute atomic E-state index is 14.0. The highest BCUT2D eigenvalue weighted by atomic mass is 32.1. The predicted molar refractivity (Wildman–Crippen MR) is 120 cm³/mol. The lowest BCUT2D eigenvalue weighted by Gasteiger charge is -2.24. The van der Waals surface area contributed by atoms with Crippen LogP contribution >= 0.6 is 12.2 Å². The minimum absolute atomic E-state index is 0. The van der Waals surface area contributed by atoms with Crippen molar-refractivity contribution in [2.45, 2.75) is 6.04 Å². The molecule has 0 aromatic heterocycles. The Morgan fingerprint density at radius 2 is 1.54 bits per heavy atom. The van der Waals surface area contributed by atoms with Crippen LogP contribution in [0.15, 0.2) is 91.1 Å². The molecule has 3 aromatic rings. The Kier molecular flexibility index (Phi) is 6.34. The maximum atomic E-state index is 14.0. The highest BCUT2D eigenvalue weighted by Crippen LogP contribution is 2.24. The Labute approximate surface area is 172 Å². The van der Waals surface area contributed by atoms with E-state index in [0.717, 1.165) is 17.3 Å². The minimum atomic E-state index is -0.696. The Hall–Kier alpha value is -3.25. The molecular formula is C22H25F2N3S. The summed E-state index contributed by atoms with van der Waals surface area (Å²) in [5.74, 6) is -1.34. The lowest BCUT2D eigenvalue weighted by atomic mass is 10.0. The van der Waals surface area contributed by atoms with E-state index in [1.54, 1.807) is 0 Å². The SMILES string of the molecule is C=C(Nc1ccc(F)cc1F)[C@H](NC(=S)Nc1ccccc1)c1ccccc1.[HH].[HH].[HH]. The Morgan fingerprint density at radius 3 is 2.18 bits per heavy atom. The maximum Gasteiger partial charge on any atom is 0.171 e. The van der Waals surface area contributed by atoms with E-state index >= 15 is 0 Å². The summed E-state index contributed by atoms with van der Waals surface area (Å²) < 4.78 is 27.2. The van der Waals surface area contributed by atoms with Crippen molar-refractivity contribution < 1.29 is 13.1 Å². The van der Waals surface area contributed by atoms with Crippen molar-refractivity contribution in [1.82, 2.24) is 5.32 Å². The van der Waals surface area contributed by atoms with Crippen LogP contribution in [0.25, 0.3) is 0 Å². The molecule has 0 fully saturated rings. The molecule has 0 heterocycles. The van der Waals surface area contributed by atoms with Gasteiger partial charge in [0.1, 0.15) is 11.6 Å². The molecule has 0 saturated heterocycles. The van der Waals surface area contributed by atoms with Gasteiger partial charge in [0.25, 0.3) is 0 Å². The third kappa shape index (κ3) is 5.14. The van der Waals surface area contributed by atoms with Crippen molar-refractivity contribution in [2.75, 3.05) is 10.6 Å². The van der Waals surface area contributed by atoms with Gasteiger partial charge in [0.05, 0.1) is 11.7 Å². The lowest BCUT2D eigenvalue weighted by Crippen LogP contribution is -2.34. The molecule has 0 unspecified atom stereocenters. The third-order valence-electron chi connectivity index (χ3n) is 4.01. The number of halogens is 2. The normalized spacial score (nSPS) is 11.4. The van der Waals surface area contributed by atoms with Crippen LogP contribution in [0.4, 0.5) is 20.2 Å². The first-order chi connectivity index (χ1) is 13.5. The molecule has 0 bridgehead atoms. The molecule has 148 valence electrons. The summed E-state index contributed by atoms with van der Waals surface area (Å²) in [5, 5.41) is 9.61. The summed E-state index contributed by atoms with van der Waals surface area (Å²) in [6.45, 7) is 4.03. The number of hydrogen-bond acceptors (Lipinski definition) is 2. The van der Waals surface area contributed by atoms with Gasteiger partial charge in [-0.15, -0.1) is 0 Å². The fraction of sp³-hybridized carbons (Fsp3) is 0.0455. The molecule has 3 nitrogen and oxygen atoms in total. The van der Waals surface area contributed by atoms with Crippen LogP contribution in [0, 0.1) is 11.6 Å². The van der Waals surface area contributed by atoms with Crippen LogP contribution in [-0.4, -0.2) is 5.11 Å². The van der Waals surface area contributed by atoms with Crippen LogP contribution in [0.1, 0.15) is 15.9 Å². The molecule has 3 aromatic carbocycles. The van der Waals surface area contributed by atoms with Crippen LogP contribution < -0.4 is 16.0 Å². The van der Waals surface area contributed by atoms with Gasteiger partial charge in [0, 0.05) is 21.7 Å². The topological polar surface area (TPSA) is 36.1 Å². The zero-order valence-electron chi connectivity index (χ0n) is 15.0. The average molecular weight is 402 g/mol. The molecule has 1 atom stereocenters. The van der Waals surface area contributed by atoms with E-state index in [4.69, 9.17) is 12.2 Å². The number of nitrogens with one attached hydrogen (secondary N) is 3. The summed E-state index contributed by atoms with van der Waals surface area (Å²) in [6, 6.07) is 21.9. The Morgan fingerprint density at radius 1 is 0.893 bits per heavy atom. The molecule has 0 aliphatic heterocycles. The predicted octanol–water partition coefficient (Wildman–Crippen LogP) is 6.36. The molecule has 0 saturated carbocycles. The van der Waals surface area contributed by atoms with Crippen LogP contribution in [0.5, 0.6) is 0 Å². The lowest BCUT2D eigenvalue weighted by molar-refractivity contribution is 0.585. The standard InChI is InChI=1S/C22H19F2N3S.3H2/c1-15(25-20-13-12-17(23)14-19(20)24)21(16-8-4-2-5-9-16)27-22(28)26-18-10-6-3-7-11-18;;;/h2-14,21,25H,1H2,(H2,26,27,28);3*1H/t21-;;;/m0.../s1. The first-order valence-corrected chi connectivity index (χ1v) is 9.02. The van der Waals surface area contributed by atoms with E-state index in [-0.39, 0.29) is 9.97 Å². The summed E-state index contributed by atoms with van der Waals surface area (Å²) in [5.41, 5.74) is 2.33. The number of para-hydroxylation sites is 1. The number of benzene rings is 3. The van der Waals surface area contributed by atoms with Gasteiger partial charge in [0.2, 0.25) is 0 Å². The van der Waals surface area contributed by atoms with Gasteiger partial charge < -0.3 is 16.0 Å². The van der Waals surface area contributed by atoms with Gasteiger partial charge >= 0.3 is 0 Å². The molecule has 0 radical (unpaired) electrons. The molecule has 28 heavy (non-hydrogen) atoms. The third-order valence-corrected chi connectivity index (χ3v) is 4.23. The summed E-state index contributed by atoms with van der Waals surface area (Å²) >= 11 is 5.42. The van der Waals surface area contributed by atoms with E-state index in [9.17, 15) is 8.78 Å². The van der Waals surface area contributed by atoms with E-state index < -0.39 is 17.7 Å². The van der Waals surface area contributed by atoms with E-state index in [1.807, 2.05) is 60.7 Å². The first-order valence-electron chi connectivity index (χ1n) is 8.61. The van der Waals surface area contributed by atoms with Crippen molar-refractivity contribution >= 4 is 28.7 Å². The molecule has 0 spiro atoms. The number of thiocarbonyl (C=S) groups is 1. The van der Waals surface area contributed by atoms with Gasteiger partial charge in [-0.05, 0) is 42.0 Å². The summed E-state index contributed by atoms with van der Waals surface area (Å²) in [7, 11) is 0. The fourth-order valence-corrected chi connectivity index (χ4v) is 2.91. The molecular weight excluding hydrogens is 376 g/mol. The number of hydrogen-bond donors (Lipinski definition) is 3. The molecule has 3 N–H and O–H groups in total. The largest absolute Gasteiger partial charge is 0.355 e. The second kappa shape index (κ2) is 9.10. The van der Waals surface area contributed by atoms with Gasteiger partial charge in [-0.3, -0.25) is 0 Å². The van der Waals surface area contributed by atoms with Crippen molar-refractivity contribution in [3.05, 3.63) is 108 Å². The second-order valence-electron chi connectivity index (χ2n) is 6.08. The first kappa shape index (κ1) is 19.5. The van der Waals surface area contributed by atoms with E-state index in [1.165, 1.54) is 12.1 Å². The zero-order valence-corrected chi connectivity index (χ0v) is 15.8. The van der Waals surface area contributed by atoms with Gasteiger partial charge in [-0.2, -0.15) is 0 Å². The van der Waals surface area contributed by atoms with E-state index in [0.29, 0.717) is 10.8 Å². The second-order valence-corrected chi connectivity index (χ2v) is 6.49. The minimum Gasteiger partial charge on any atom is -0.355 e. The Balaban J connectivity index is 0.00000300. The Bertz CT molecular complexity index is 976. The monoisotopic (exact) mass is 401 g/mol. The van der Waals surface area contributed by atoms with Crippen LogP contribution in [0.3, 0.4) is 0 Å². The average Bonchev–Trinajstić information content (AvgIpc) is 2.69. The molecule has 0 aliphatic carbocycles. The molecule has 0 aliphatic rings. The van der Waals surface area contributed by atoms with Crippen molar-refractivity contribution in [1.29, 1.82) is 0 Å². The van der Waals surface area contributed by atoms with Crippen molar-refractivity contribution in [3.63, 3.8) is 0 Å². The van der Waals surface area contributed by atoms with Crippen LogP contribution in [0.2, 0.25) is 0 Å². The smallest absolute Gasteiger partial charge is 0.171 e. The van der Waals surface area contributed by atoms with E-state index in [2.05, 4.69) is 22.5 Å². The van der Waals surface area contributed by atoms with Crippen molar-refractivity contribution in [3.8, 4) is 0 Å². The zero-order chi connectivity index (χ0) is 19.9.